The van der Waals surface area contributed by atoms with Gasteiger partial charge in [0.25, 0.3) is 0 Å². The molecule has 0 unspecified atom stereocenters. The van der Waals surface area contributed by atoms with E-state index in [2.05, 4.69) is 30.3 Å². The van der Waals surface area contributed by atoms with Gasteiger partial charge in [-0.05, 0) is 32.9 Å². The van der Waals surface area contributed by atoms with E-state index >= 15 is 0 Å². The fraction of sp³-hybridized carbons (Fsp3) is 0.417. The molecule has 0 fully saturated rings. The molecule has 0 spiro atoms. The van der Waals surface area contributed by atoms with E-state index in [9.17, 15) is 0 Å². The zero-order chi connectivity index (χ0) is 12.8. The molecule has 0 amide bonds. The number of fused-ring (bicyclic) bond motifs is 1. The Bertz CT molecular complexity index is 567. The summed E-state index contributed by atoms with van der Waals surface area (Å²) in [6.45, 7) is 6.31. The number of hydrogen-bond donors (Lipinski definition) is 0. The molecular weight excluding hydrogens is 279 g/mol. The lowest BCUT2D eigenvalue weighted by Gasteiger charge is -2.24. The minimum absolute atomic E-state index is 0.101. The summed E-state index contributed by atoms with van der Waals surface area (Å²) in [6.07, 6.45) is 0. The van der Waals surface area contributed by atoms with Crippen LogP contribution in [0.1, 0.15) is 26.6 Å². The van der Waals surface area contributed by atoms with Crippen LogP contribution in [-0.4, -0.2) is 9.55 Å². The van der Waals surface area contributed by atoms with Crippen molar-refractivity contribution in [1.82, 2.24) is 9.55 Å². The van der Waals surface area contributed by atoms with Crippen LogP contribution in [0.15, 0.2) is 12.1 Å². The van der Waals surface area contributed by atoms with Gasteiger partial charge in [-0.15, -0.1) is 11.6 Å². The number of aromatic nitrogens is 2. The van der Waals surface area contributed by atoms with E-state index in [0.717, 1.165) is 16.9 Å². The number of nitrogens with zero attached hydrogens (tertiary/aromatic N) is 2. The second kappa shape index (κ2) is 4.34. The molecule has 1 aromatic heterocycles. The lowest BCUT2D eigenvalue weighted by atomic mass is 10.1. The monoisotopic (exact) mass is 290 g/mol. The summed E-state index contributed by atoms with van der Waals surface area (Å²) in [5, 5.41) is 1.05. The van der Waals surface area contributed by atoms with Crippen LogP contribution in [0.2, 0.25) is 10.0 Å². The molecule has 1 heterocycles. The number of benzene rings is 1. The van der Waals surface area contributed by atoms with Crippen molar-refractivity contribution in [3.8, 4) is 0 Å². The minimum atomic E-state index is -0.101. The van der Waals surface area contributed by atoms with Crippen molar-refractivity contribution >= 4 is 45.8 Å². The maximum Gasteiger partial charge on any atom is 0.125 e. The first-order valence-electron chi connectivity index (χ1n) is 5.27. The molecular formula is C12H13Cl3N2. The van der Waals surface area contributed by atoms with Crippen LogP contribution < -0.4 is 0 Å². The number of hydrogen-bond acceptors (Lipinski definition) is 1. The molecule has 17 heavy (non-hydrogen) atoms. The number of imidazole rings is 1. The van der Waals surface area contributed by atoms with Crippen molar-refractivity contribution in [2.24, 2.45) is 0 Å². The average Bonchev–Trinajstić information content (AvgIpc) is 2.56. The molecule has 0 aliphatic rings. The molecule has 5 heteroatoms. The van der Waals surface area contributed by atoms with Crippen LogP contribution in [0.25, 0.3) is 11.0 Å². The summed E-state index contributed by atoms with van der Waals surface area (Å²) in [4.78, 5) is 4.49. The van der Waals surface area contributed by atoms with Crippen LogP contribution in [0, 0.1) is 0 Å². The van der Waals surface area contributed by atoms with Gasteiger partial charge >= 0.3 is 0 Å². The Morgan fingerprint density at radius 2 is 1.76 bits per heavy atom. The minimum Gasteiger partial charge on any atom is -0.322 e. The van der Waals surface area contributed by atoms with Gasteiger partial charge in [-0.3, -0.25) is 0 Å². The first kappa shape index (κ1) is 13.0. The number of rotatable bonds is 1. The summed E-state index contributed by atoms with van der Waals surface area (Å²) in [6, 6.07) is 3.62. The Hall–Kier alpha value is -0.440. The van der Waals surface area contributed by atoms with Gasteiger partial charge in [-0.1, -0.05) is 23.2 Å². The Morgan fingerprint density at radius 3 is 2.29 bits per heavy atom. The van der Waals surface area contributed by atoms with E-state index in [0.29, 0.717) is 15.9 Å². The van der Waals surface area contributed by atoms with Crippen molar-refractivity contribution in [3.05, 3.63) is 28.0 Å². The zero-order valence-corrected chi connectivity index (χ0v) is 12.2. The Morgan fingerprint density at radius 1 is 1.18 bits per heavy atom. The SMILES string of the molecule is CC(C)(C)n1c(CCl)nc2cc(Cl)c(Cl)cc21. The highest BCUT2D eigenvalue weighted by molar-refractivity contribution is 6.42. The second-order valence-corrected chi connectivity index (χ2v) is 6.00. The highest BCUT2D eigenvalue weighted by Gasteiger charge is 2.21. The highest BCUT2D eigenvalue weighted by atomic mass is 35.5. The third-order valence-electron chi connectivity index (χ3n) is 2.56. The Balaban J connectivity index is 2.84. The zero-order valence-electron chi connectivity index (χ0n) is 9.89. The number of alkyl halides is 1. The van der Waals surface area contributed by atoms with Crippen molar-refractivity contribution in [3.63, 3.8) is 0 Å². The summed E-state index contributed by atoms with van der Waals surface area (Å²) < 4.78 is 2.09. The standard InChI is InChI=1S/C12H13Cl3N2/c1-12(2,3)17-10-5-8(15)7(14)4-9(10)16-11(17)6-13/h4-5H,6H2,1-3H3. The van der Waals surface area contributed by atoms with Gasteiger partial charge < -0.3 is 4.57 Å². The van der Waals surface area contributed by atoms with Crippen molar-refractivity contribution in [2.75, 3.05) is 0 Å². The van der Waals surface area contributed by atoms with E-state index < -0.39 is 0 Å². The molecule has 0 radical (unpaired) electrons. The average molecular weight is 292 g/mol. The number of halogens is 3. The van der Waals surface area contributed by atoms with Crippen molar-refractivity contribution in [1.29, 1.82) is 0 Å². The lowest BCUT2D eigenvalue weighted by molar-refractivity contribution is 0.398. The van der Waals surface area contributed by atoms with Gasteiger partial charge in [0.05, 0.1) is 27.0 Å². The lowest BCUT2D eigenvalue weighted by Crippen LogP contribution is -2.23. The molecule has 0 aliphatic carbocycles. The first-order chi connectivity index (χ1) is 7.84. The van der Waals surface area contributed by atoms with Gasteiger partial charge in [0.15, 0.2) is 0 Å². The molecule has 0 aliphatic heterocycles. The molecule has 2 rings (SSSR count). The maximum atomic E-state index is 6.06. The van der Waals surface area contributed by atoms with Crippen LogP contribution in [-0.2, 0) is 11.4 Å². The maximum absolute atomic E-state index is 6.06. The van der Waals surface area contributed by atoms with Crippen LogP contribution in [0.5, 0.6) is 0 Å². The van der Waals surface area contributed by atoms with E-state index in [1.807, 2.05) is 6.07 Å². The van der Waals surface area contributed by atoms with Crippen molar-refractivity contribution in [2.45, 2.75) is 32.2 Å². The summed E-state index contributed by atoms with van der Waals surface area (Å²) in [5.41, 5.74) is 1.68. The molecule has 0 saturated heterocycles. The van der Waals surface area contributed by atoms with Crippen LogP contribution in [0.4, 0.5) is 0 Å². The molecule has 0 bridgehead atoms. The normalized spacial score (nSPS) is 12.4. The van der Waals surface area contributed by atoms with Crippen LogP contribution >= 0.6 is 34.8 Å². The third-order valence-corrected chi connectivity index (χ3v) is 3.52. The van der Waals surface area contributed by atoms with Gasteiger partial charge in [0.1, 0.15) is 5.82 Å². The smallest absolute Gasteiger partial charge is 0.125 e. The molecule has 0 saturated carbocycles. The topological polar surface area (TPSA) is 17.8 Å². The van der Waals surface area contributed by atoms with Gasteiger partial charge in [0.2, 0.25) is 0 Å². The van der Waals surface area contributed by atoms with E-state index in [-0.39, 0.29) is 5.54 Å². The predicted molar refractivity (Wildman–Crippen MR) is 74.3 cm³/mol. The molecule has 2 nitrogen and oxygen atoms in total. The first-order valence-corrected chi connectivity index (χ1v) is 6.56. The van der Waals surface area contributed by atoms with Crippen LogP contribution in [0.3, 0.4) is 0 Å². The molecule has 92 valence electrons. The third kappa shape index (κ3) is 2.26. The van der Waals surface area contributed by atoms with Gasteiger partial charge in [-0.2, -0.15) is 0 Å². The molecule has 0 atom stereocenters. The highest BCUT2D eigenvalue weighted by Crippen LogP contribution is 2.32. The molecule has 2 aromatic rings. The van der Waals surface area contributed by atoms with E-state index in [4.69, 9.17) is 34.8 Å². The summed E-state index contributed by atoms with van der Waals surface area (Å²) >= 11 is 18.0. The van der Waals surface area contributed by atoms with Crippen molar-refractivity contribution < 1.29 is 0 Å². The second-order valence-electron chi connectivity index (χ2n) is 4.92. The fourth-order valence-electron chi connectivity index (χ4n) is 1.96. The molecule has 0 N–H and O–H groups in total. The summed E-state index contributed by atoms with van der Waals surface area (Å²) in [7, 11) is 0. The quantitative estimate of drug-likeness (QED) is 0.688. The fourth-order valence-corrected chi connectivity index (χ4v) is 2.46. The summed E-state index contributed by atoms with van der Waals surface area (Å²) in [5.74, 6) is 1.19. The largest absolute Gasteiger partial charge is 0.322 e. The Kier molecular flexibility index (Phi) is 3.32. The Labute approximate surface area is 115 Å². The van der Waals surface area contributed by atoms with Gasteiger partial charge in [-0.25, -0.2) is 4.98 Å². The van der Waals surface area contributed by atoms with Gasteiger partial charge in [0, 0.05) is 5.54 Å². The molecule has 1 aromatic carbocycles. The predicted octanol–water partition coefficient (Wildman–Crippen LogP) is 4.84. The van der Waals surface area contributed by atoms with E-state index in [1.54, 1.807) is 6.07 Å². The van der Waals surface area contributed by atoms with E-state index in [1.165, 1.54) is 0 Å².